The lowest BCUT2D eigenvalue weighted by atomic mass is 9.97. The zero-order valence-corrected chi connectivity index (χ0v) is 21.0. The van der Waals surface area contributed by atoms with Gasteiger partial charge in [-0.05, 0) is 53.8 Å². The van der Waals surface area contributed by atoms with E-state index in [9.17, 15) is 13.2 Å². The second kappa shape index (κ2) is 10.6. The summed E-state index contributed by atoms with van der Waals surface area (Å²) in [6, 6.07) is 9.89. The number of hydrogen-bond donors (Lipinski definition) is 1. The number of esters is 1. The summed E-state index contributed by atoms with van der Waals surface area (Å²) in [5.41, 5.74) is 2.24. The Morgan fingerprint density at radius 3 is 2.47 bits per heavy atom. The van der Waals surface area contributed by atoms with E-state index in [1.807, 2.05) is 18.2 Å². The third-order valence-corrected chi connectivity index (χ3v) is 6.97. The summed E-state index contributed by atoms with van der Waals surface area (Å²) < 4.78 is 43.4. The summed E-state index contributed by atoms with van der Waals surface area (Å²) in [6.45, 7) is 4.12. The minimum atomic E-state index is -4.01. The maximum atomic E-state index is 12.9. The van der Waals surface area contributed by atoms with E-state index in [1.54, 1.807) is 7.11 Å². The number of aromatic nitrogens is 1. The van der Waals surface area contributed by atoms with Gasteiger partial charge in [0.2, 0.25) is 0 Å². The van der Waals surface area contributed by atoms with Crippen LogP contribution in [0.4, 0.5) is 5.69 Å². The SMILES string of the molecule is COC(=O)c1ccc(NS(=O)(=O)c2csc(C#Cc3ccc(OC)cc3C(C)C)n2)c(OC)c1. The number of carbonyl (C=O) groups excluding carboxylic acids is 1. The average Bonchev–Trinajstić information content (AvgIpc) is 3.32. The van der Waals surface area contributed by atoms with Crippen molar-refractivity contribution >= 4 is 33.0 Å². The zero-order valence-electron chi connectivity index (χ0n) is 19.3. The van der Waals surface area contributed by atoms with E-state index in [0.29, 0.717) is 5.01 Å². The number of ether oxygens (including phenoxy) is 3. The molecule has 34 heavy (non-hydrogen) atoms. The van der Waals surface area contributed by atoms with Crippen molar-refractivity contribution in [2.45, 2.75) is 24.8 Å². The molecular weight excluding hydrogens is 476 g/mol. The van der Waals surface area contributed by atoms with Gasteiger partial charge in [0.25, 0.3) is 10.0 Å². The summed E-state index contributed by atoms with van der Waals surface area (Å²) in [4.78, 5) is 15.9. The van der Waals surface area contributed by atoms with Crippen LogP contribution in [-0.2, 0) is 14.8 Å². The smallest absolute Gasteiger partial charge is 0.337 e. The monoisotopic (exact) mass is 500 g/mol. The Morgan fingerprint density at radius 1 is 1.06 bits per heavy atom. The normalized spacial score (nSPS) is 10.9. The molecule has 1 aromatic heterocycles. The predicted octanol–water partition coefficient (Wildman–Crippen LogP) is 4.27. The second-order valence-corrected chi connectivity index (χ2v) is 9.85. The van der Waals surface area contributed by atoms with Crippen molar-refractivity contribution in [3.63, 3.8) is 0 Å². The molecule has 3 rings (SSSR count). The van der Waals surface area contributed by atoms with E-state index < -0.39 is 16.0 Å². The van der Waals surface area contributed by atoms with Gasteiger partial charge in [-0.3, -0.25) is 4.72 Å². The number of anilines is 1. The van der Waals surface area contributed by atoms with Crippen molar-refractivity contribution in [1.29, 1.82) is 0 Å². The van der Waals surface area contributed by atoms with Gasteiger partial charge in [0.05, 0.1) is 32.6 Å². The molecule has 0 bridgehead atoms. The maximum absolute atomic E-state index is 12.9. The van der Waals surface area contributed by atoms with Crippen LogP contribution >= 0.6 is 11.3 Å². The van der Waals surface area contributed by atoms with Crippen LogP contribution in [0.1, 0.15) is 46.3 Å². The number of nitrogens with one attached hydrogen (secondary N) is 1. The van der Waals surface area contributed by atoms with Gasteiger partial charge in [0, 0.05) is 10.9 Å². The Balaban J connectivity index is 1.85. The summed E-state index contributed by atoms with van der Waals surface area (Å²) in [5, 5.41) is 1.61. The summed E-state index contributed by atoms with van der Waals surface area (Å²) in [7, 11) is 0.229. The third-order valence-electron chi connectivity index (χ3n) is 4.81. The van der Waals surface area contributed by atoms with Crippen LogP contribution in [0.15, 0.2) is 46.8 Å². The molecule has 0 saturated carbocycles. The quantitative estimate of drug-likeness (QED) is 0.382. The highest BCUT2D eigenvalue weighted by Crippen LogP contribution is 2.29. The number of hydrogen-bond acceptors (Lipinski definition) is 8. The predicted molar refractivity (Wildman–Crippen MR) is 130 cm³/mol. The molecule has 0 saturated heterocycles. The van der Waals surface area contributed by atoms with Crippen LogP contribution < -0.4 is 14.2 Å². The number of nitrogens with zero attached hydrogens (tertiary/aromatic N) is 1. The lowest BCUT2D eigenvalue weighted by molar-refractivity contribution is 0.0600. The van der Waals surface area contributed by atoms with Crippen LogP contribution in [0.3, 0.4) is 0 Å². The number of benzene rings is 2. The van der Waals surface area contributed by atoms with E-state index in [1.165, 1.54) is 37.8 Å². The molecule has 10 heteroatoms. The van der Waals surface area contributed by atoms with Crippen molar-refractivity contribution in [3.8, 4) is 23.3 Å². The Bertz CT molecular complexity index is 1370. The topological polar surface area (TPSA) is 104 Å². The Morgan fingerprint density at radius 2 is 1.82 bits per heavy atom. The molecule has 0 unspecified atom stereocenters. The van der Waals surface area contributed by atoms with Gasteiger partial charge < -0.3 is 14.2 Å². The Hall–Kier alpha value is -3.55. The fourth-order valence-corrected chi connectivity index (χ4v) is 5.05. The van der Waals surface area contributed by atoms with Gasteiger partial charge in [-0.2, -0.15) is 8.42 Å². The van der Waals surface area contributed by atoms with Crippen molar-refractivity contribution < 1.29 is 27.4 Å². The van der Waals surface area contributed by atoms with Crippen LogP contribution in [-0.4, -0.2) is 40.7 Å². The van der Waals surface area contributed by atoms with E-state index in [-0.39, 0.29) is 27.9 Å². The minimum absolute atomic E-state index is 0.163. The highest BCUT2D eigenvalue weighted by Gasteiger charge is 2.21. The number of rotatable bonds is 7. The standard InChI is InChI=1S/C24H24N2O6S2/c1-15(2)19-13-18(30-3)9-6-16(19)8-11-22-25-23(14-33-22)34(28,29)26-20-10-7-17(24(27)32-5)12-21(20)31-4/h6-7,9-10,12-15,26H,1-5H3. The molecular formula is C24H24N2O6S2. The van der Waals surface area contributed by atoms with Crippen molar-refractivity contribution in [2.24, 2.45) is 0 Å². The molecule has 0 radical (unpaired) electrons. The summed E-state index contributed by atoms with van der Waals surface area (Å²) in [5.74, 6) is 6.62. The molecule has 0 amide bonds. The second-order valence-electron chi connectivity index (χ2n) is 7.36. The Kier molecular flexibility index (Phi) is 7.81. The first kappa shape index (κ1) is 25.1. The lowest BCUT2D eigenvalue weighted by Crippen LogP contribution is -2.14. The van der Waals surface area contributed by atoms with Crippen LogP contribution in [0.25, 0.3) is 0 Å². The van der Waals surface area contributed by atoms with E-state index in [0.717, 1.165) is 28.2 Å². The number of carbonyl (C=O) groups is 1. The molecule has 3 aromatic rings. The molecule has 0 aliphatic carbocycles. The van der Waals surface area contributed by atoms with Gasteiger partial charge in [0.1, 0.15) is 11.5 Å². The molecule has 1 N–H and O–H groups in total. The fraction of sp³-hybridized carbons (Fsp3) is 0.250. The first-order valence-corrected chi connectivity index (χ1v) is 12.5. The molecule has 2 aromatic carbocycles. The zero-order chi connectivity index (χ0) is 24.9. The fourth-order valence-electron chi connectivity index (χ4n) is 3.04. The molecule has 0 fully saturated rings. The number of methoxy groups -OCH3 is 3. The van der Waals surface area contributed by atoms with Crippen LogP contribution in [0, 0.1) is 11.8 Å². The van der Waals surface area contributed by atoms with E-state index >= 15 is 0 Å². The van der Waals surface area contributed by atoms with E-state index in [4.69, 9.17) is 9.47 Å². The number of sulfonamides is 1. The van der Waals surface area contributed by atoms with Crippen LogP contribution in [0.2, 0.25) is 0 Å². The molecule has 0 atom stereocenters. The van der Waals surface area contributed by atoms with Gasteiger partial charge in [0.15, 0.2) is 10.0 Å². The van der Waals surface area contributed by atoms with E-state index in [2.05, 4.69) is 40.1 Å². The lowest BCUT2D eigenvalue weighted by Gasteiger charge is -2.11. The summed E-state index contributed by atoms with van der Waals surface area (Å²) >= 11 is 1.13. The van der Waals surface area contributed by atoms with Crippen molar-refractivity contribution in [3.05, 3.63) is 63.5 Å². The largest absolute Gasteiger partial charge is 0.497 e. The number of thiazole rings is 1. The molecule has 0 aliphatic heterocycles. The van der Waals surface area contributed by atoms with Crippen molar-refractivity contribution in [2.75, 3.05) is 26.1 Å². The Labute approximate surface area is 203 Å². The highest BCUT2D eigenvalue weighted by atomic mass is 32.2. The average molecular weight is 501 g/mol. The van der Waals surface area contributed by atoms with Gasteiger partial charge >= 0.3 is 5.97 Å². The first-order chi connectivity index (χ1) is 16.2. The van der Waals surface area contributed by atoms with Crippen LogP contribution in [0.5, 0.6) is 11.5 Å². The van der Waals surface area contributed by atoms with Gasteiger partial charge in [-0.1, -0.05) is 19.8 Å². The summed E-state index contributed by atoms with van der Waals surface area (Å²) in [6.07, 6.45) is 0. The molecule has 8 nitrogen and oxygen atoms in total. The van der Waals surface area contributed by atoms with Gasteiger partial charge in [-0.15, -0.1) is 11.3 Å². The maximum Gasteiger partial charge on any atom is 0.337 e. The van der Waals surface area contributed by atoms with Crippen molar-refractivity contribution in [1.82, 2.24) is 4.98 Å². The third kappa shape index (κ3) is 5.68. The molecule has 0 spiro atoms. The molecule has 178 valence electrons. The molecule has 0 aliphatic rings. The molecule has 1 heterocycles. The van der Waals surface area contributed by atoms with Gasteiger partial charge in [-0.25, -0.2) is 9.78 Å². The first-order valence-electron chi connectivity index (χ1n) is 10.1. The highest BCUT2D eigenvalue weighted by molar-refractivity contribution is 7.92. The minimum Gasteiger partial charge on any atom is -0.497 e.